The van der Waals surface area contributed by atoms with Crippen molar-refractivity contribution in [3.8, 4) is 0 Å². The molecule has 0 radical (unpaired) electrons. The molecular formula is C18H26N5O2+. The van der Waals surface area contributed by atoms with E-state index >= 15 is 0 Å². The highest BCUT2D eigenvalue weighted by Crippen LogP contribution is 2.28. The van der Waals surface area contributed by atoms with E-state index in [-0.39, 0.29) is 18.5 Å². The molecular weight excluding hydrogens is 318 g/mol. The smallest absolute Gasteiger partial charge is 0.270 e. The highest BCUT2D eigenvalue weighted by molar-refractivity contribution is 6.22. The van der Waals surface area contributed by atoms with Crippen LogP contribution in [-0.2, 0) is 4.79 Å². The van der Waals surface area contributed by atoms with Gasteiger partial charge >= 0.3 is 12.0 Å². The average molecular weight is 344 g/mol. The van der Waals surface area contributed by atoms with Gasteiger partial charge in [-0.2, -0.15) is 0 Å². The van der Waals surface area contributed by atoms with Crippen molar-refractivity contribution in [3.05, 3.63) is 12.7 Å². The predicted molar refractivity (Wildman–Crippen MR) is 94.6 cm³/mol. The van der Waals surface area contributed by atoms with Gasteiger partial charge in [-0.15, -0.1) is 6.58 Å². The van der Waals surface area contributed by atoms with Crippen molar-refractivity contribution in [2.24, 2.45) is 4.99 Å². The summed E-state index contributed by atoms with van der Waals surface area (Å²) in [5.74, 6) is 1.29. The van der Waals surface area contributed by atoms with Crippen LogP contribution in [0.1, 0.15) is 38.5 Å². The summed E-state index contributed by atoms with van der Waals surface area (Å²) in [5, 5.41) is 0. The van der Waals surface area contributed by atoms with E-state index in [4.69, 9.17) is 4.99 Å². The summed E-state index contributed by atoms with van der Waals surface area (Å²) in [7, 11) is 1.71. The number of hydrogen-bond acceptors (Lipinski definition) is 4. The number of hydrogen-bond donors (Lipinski definition) is 0. The molecule has 1 saturated heterocycles. The predicted octanol–water partition coefficient (Wildman–Crippen LogP) is 1.25. The van der Waals surface area contributed by atoms with Crippen molar-refractivity contribution in [1.29, 1.82) is 0 Å². The van der Waals surface area contributed by atoms with Crippen LogP contribution in [0, 0.1) is 0 Å². The normalized spacial score (nSPS) is 27.5. The molecule has 0 bridgehead atoms. The van der Waals surface area contributed by atoms with Gasteiger partial charge in [0, 0.05) is 20.0 Å². The first-order chi connectivity index (χ1) is 12.1. The molecule has 3 aliphatic heterocycles. The van der Waals surface area contributed by atoms with E-state index in [9.17, 15) is 9.59 Å². The summed E-state index contributed by atoms with van der Waals surface area (Å²) in [6, 6.07) is -0.273. The van der Waals surface area contributed by atoms with Gasteiger partial charge in [0.2, 0.25) is 11.9 Å². The van der Waals surface area contributed by atoms with E-state index in [0.717, 1.165) is 25.5 Å². The minimum atomic E-state index is -0.468. The number of likely N-dealkylation sites (N-methyl/N-ethyl adjacent to an activating group) is 1. The van der Waals surface area contributed by atoms with Gasteiger partial charge in [-0.1, -0.05) is 30.3 Å². The SMILES string of the molecule is C=CCN1C(=O)C2C(=NC3=[N+]2CCCN3C2CCCCC2)N(C)C1=O. The summed E-state index contributed by atoms with van der Waals surface area (Å²) < 4.78 is 2.11. The number of aliphatic imine (C=N–C) groups is 1. The fourth-order valence-electron chi connectivity index (χ4n) is 4.51. The average Bonchev–Trinajstić information content (AvgIpc) is 3.04. The first kappa shape index (κ1) is 16.3. The molecule has 3 heterocycles. The number of amides is 3. The van der Waals surface area contributed by atoms with Crippen molar-refractivity contribution in [1.82, 2.24) is 14.7 Å². The number of imide groups is 1. The summed E-state index contributed by atoms with van der Waals surface area (Å²) >= 11 is 0. The third kappa shape index (κ3) is 2.48. The minimum Gasteiger partial charge on any atom is -0.270 e. The molecule has 1 saturated carbocycles. The quantitative estimate of drug-likeness (QED) is 0.572. The number of amidine groups is 1. The van der Waals surface area contributed by atoms with E-state index in [1.54, 1.807) is 13.1 Å². The Balaban J connectivity index is 1.69. The van der Waals surface area contributed by atoms with Crippen LogP contribution in [0.2, 0.25) is 0 Å². The minimum absolute atomic E-state index is 0.178. The number of carbonyl (C=O) groups excluding carboxylic acids is 2. The Bertz CT molecular complexity index is 677. The molecule has 134 valence electrons. The molecule has 2 fully saturated rings. The van der Waals surface area contributed by atoms with Crippen LogP contribution in [-0.4, -0.2) is 81.8 Å². The molecule has 1 unspecified atom stereocenters. The Labute approximate surface area is 148 Å². The maximum absolute atomic E-state index is 13.0. The van der Waals surface area contributed by atoms with E-state index in [2.05, 4.69) is 16.1 Å². The maximum Gasteiger partial charge on any atom is 0.392 e. The maximum atomic E-state index is 13.0. The molecule has 1 atom stereocenters. The molecule has 0 aromatic heterocycles. The molecule has 4 aliphatic rings. The highest BCUT2D eigenvalue weighted by Gasteiger charge is 2.54. The molecule has 25 heavy (non-hydrogen) atoms. The fraction of sp³-hybridized carbons (Fsp3) is 0.667. The molecule has 0 aromatic rings. The molecule has 7 nitrogen and oxygen atoms in total. The Morgan fingerprint density at radius 1 is 1.24 bits per heavy atom. The number of fused-ring (bicyclic) bond motifs is 2. The van der Waals surface area contributed by atoms with Crippen LogP contribution < -0.4 is 0 Å². The van der Waals surface area contributed by atoms with Gasteiger partial charge in [-0.05, 0) is 12.8 Å². The van der Waals surface area contributed by atoms with Crippen LogP contribution in [0.5, 0.6) is 0 Å². The van der Waals surface area contributed by atoms with Crippen LogP contribution in [0.15, 0.2) is 17.6 Å². The Hall–Kier alpha value is -2.18. The van der Waals surface area contributed by atoms with Gasteiger partial charge in [0.1, 0.15) is 0 Å². The molecule has 0 N–H and O–H groups in total. The van der Waals surface area contributed by atoms with Crippen molar-refractivity contribution >= 4 is 23.7 Å². The van der Waals surface area contributed by atoms with E-state index in [1.807, 2.05) is 0 Å². The monoisotopic (exact) mass is 344 g/mol. The second-order valence-corrected chi connectivity index (χ2v) is 7.28. The van der Waals surface area contributed by atoms with Gasteiger partial charge in [0.25, 0.3) is 5.91 Å². The molecule has 7 heteroatoms. The Morgan fingerprint density at radius 2 is 2.00 bits per heavy atom. The summed E-state index contributed by atoms with van der Waals surface area (Å²) in [6.45, 7) is 5.70. The number of nitrogens with zero attached hydrogens (tertiary/aromatic N) is 5. The van der Waals surface area contributed by atoms with E-state index in [0.29, 0.717) is 11.9 Å². The van der Waals surface area contributed by atoms with Crippen molar-refractivity contribution < 1.29 is 14.2 Å². The lowest BCUT2D eigenvalue weighted by Crippen LogP contribution is -2.63. The zero-order chi connectivity index (χ0) is 17.6. The summed E-state index contributed by atoms with van der Waals surface area (Å²) in [6.07, 6.45) is 8.84. The van der Waals surface area contributed by atoms with Crippen LogP contribution >= 0.6 is 0 Å². The number of carbonyl (C=O) groups is 2. The number of guanidine groups is 1. The van der Waals surface area contributed by atoms with Gasteiger partial charge in [-0.25, -0.2) is 9.37 Å². The largest absolute Gasteiger partial charge is 0.392 e. The molecule has 4 rings (SSSR count). The van der Waals surface area contributed by atoms with Gasteiger partial charge < -0.3 is 0 Å². The third-order valence-electron chi connectivity index (χ3n) is 5.77. The first-order valence-corrected chi connectivity index (χ1v) is 9.32. The second-order valence-electron chi connectivity index (χ2n) is 7.28. The van der Waals surface area contributed by atoms with Crippen LogP contribution in [0.3, 0.4) is 0 Å². The molecule has 1 aliphatic carbocycles. The van der Waals surface area contributed by atoms with Gasteiger partial charge in [0.05, 0.1) is 19.1 Å². The zero-order valence-corrected chi connectivity index (χ0v) is 14.9. The molecule has 0 spiro atoms. The first-order valence-electron chi connectivity index (χ1n) is 9.32. The van der Waals surface area contributed by atoms with Crippen LogP contribution in [0.4, 0.5) is 4.79 Å². The van der Waals surface area contributed by atoms with E-state index < -0.39 is 6.04 Å². The fourth-order valence-corrected chi connectivity index (χ4v) is 4.51. The van der Waals surface area contributed by atoms with E-state index in [1.165, 1.54) is 41.9 Å². The van der Waals surface area contributed by atoms with Crippen LogP contribution in [0.25, 0.3) is 0 Å². The lowest BCUT2D eigenvalue weighted by Gasteiger charge is -2.35. The van der Waals surface area contributed by atoms with Crippen molar-refractivity contribution in [2.75, 3.05) is 26.7 Å². The highest BCUT2D eigenvalue weighted by atomic mass is 16.2. The number of urea groups is 1. The topological polar surface area (TPSA) is 59.2 Å². The van der Waals surface area contributed by atoms with Crippen molar-refractivity contribution in [2.45, 2.75) is 50.6 Å². The second kappa shape index (κ2) is 6.28. The Kier molecular flexibility index (Phi) is 4.09. The van der Waals surface area contributed by atoms with Gasteiger partial charge in [-0.3, -0.25) is 19.5 Å². The Morgan fingerprint density at radius 3 is 2.72 bits per heavy atom. The zero-order valence-electron chi connectivity index (χ0n) is 14.9. The number of rotatable bonds is 3. The summed E-state index contributed by atoms with van der Waals surface area (Å²) in [4.78, 5) is 35.5. The lowest BCUT2D eigenvalue weighted by atomic mass is 9.94. The molecule has 3 amide bonds. The third-order valence-corrected chi connectivity index (χ3v) is 5.77. The standard InChI is InChI=1S/C18H26N5O2/c1-3-10-23-16(24)14-15(20(2)18(23)25)19-17-21(11-7-12-22(14)17)13-8-5-4-6-9-13/h3,13-14H,1,4-12H2,2H3/q+1. The summed E-state index contributed by atoms with van der Waals surface area (Å²) in [5.41, 5.74) is 0. The van der Waals surface area contributed by atoms with Gasteiger partial charge in [0.15, 0.2) is 0 Å². The molecule has 0 aromatic carbocycles. The van der Waals surface area contributed by atoms with Crippen molar-refractivity contribution in [3.63, 3.8) is 0 Å². The lowest BCUT2D eigenvalue weighted by molar-refractivity contribution is -0.545.